The van der Waals surface area contributed by atoms with Gasteiger partial charge in [0.05, 0.1) is 0 Å². The third-order valence-electron chi connectivity index (χ3n) is 3.51. The van der Waals surface area contributed by atoms with Crippen molar-refractivity contribution < 1.29 is 0 Å². The van der Waals surface area contributed by atoms with Crippen molar-refractivity contribution in [2.75, 3.05) is 13.1 Å². The predicted octanol–water partition coefficient (Wildman–Crippen LogP) is 3.61. The van der Waals surface area contributed by atoms with Crippen LogP contribution in [0.15, 0.2) is 16.6 Å². The van der Waals surface area contributed by atoms with Gasteiger partial charge in [0, 0.05) is 4.47 Å². The lowest BCUT2D eigenvalue weighted by atomic mass is 9.89. The quantitative estimate of drug-likeness (QED) is 0.873. The van der Waals surface area contributed by atoms with Gasteiger partial charge in [-0.15, -0.1) is 0 Å². The molecule has 0 aromatic heterocycles. The Labute approximate surface area is 107 Å². The fourth-order valence-corrected chi connectivity index (χ4v) is 3.41. The molecular formula is C14H20BrN. The van der Waals surface area contributed by atoms with E-state index in [4.69, 9.17) is 0 Å². The molecule has 88 valence electrons. The number of aryl methyl sites for hydroxylation is 2. The molecule has 1 fully saturated rings. The Balaban J connectivity index is 2.14. The minimum Gasteiger partial charge on any atom is -0.317 e. The van der Waals surface area contributed by atoms with Gasteiger partial charge in [0.25, 0.3) is 0 Å². The molecule has 1 heterocycles. The molecule has 0 amide bonds. The molecule has 1 saturated heterocycles. The number of hydrogen-bond acceptors (Lipinski definition) is 1. The zero-order chi connectivity index (χ0) is 11.5. The zero-order valence-electron chi connectivity index (χ0n) is 10.1. The van der Waals surface area contributed by atoms with Crippen LogP contribution < -0.4 is 5.32 Å². The molecule has 0 radical (unpaired) electrons. The molecule has 0 unspecified atom stereocenters. The Kier molecular flexibility index (Phi) is 4.04. The van der Waals surface area contributed by atoms with E-state index in [1.165, 1.54) is 53.5 Å². The summed E-state index contributed by atoms with van der Waals surface area (Å²) in [7, 11) is 0. The molecule has 0 atom stereocenters. The van der Waals surface area contributed by atoms with Crippen LogP contribution in [0.25, 0.3) is 0 Å². The van der Waals surface area contributed by atoms with Crippen molar-refractivity contribution in [2.45, 2.75) is 33.1 Å². The number of nitrogens with one attached hydrogen (secondary N) is 1. The molecule has 16 heavy (non-hydrogen) atoms. The summed E-state index contributed by atoms with van der Waals surface area (Å²) in [6.07, 6.45) is 3.87. The van der Waals surface area contributed by atoms with Crippen molar-refractivity contribution in [2.24, 2.45) is 5.92 Å². The van der Waals surface area contributed by atoms with Crippen LogP contribution in [-0.2, 0) is 6.42 Å². The van der Waals surface area contributed by atoms with E-state index in [1.54, 1.807) is 0 Å². The van der Waals surface area contributed by atoms with Gasteiger partial charge in [-0.05, 0) is 74.9 Å². The summed E-state index contributed by atoms with van der Waals surface area (Å²) in [5.74, 6) is 0.860. The van der Waals surface area contributed by atoms with Crippen LogP contribution in [0.2, 0.25) is 0 Å². The van der Waals surface area contributed by atoms with Crippen LogP contribution in [0.4, 0.5) is 0 Å². The monoisotopic (exact) mass is 281 g/mol. The molecule has 2 heteroatoms. The lowest BCUT2D eigenvalue weighted by Gasteiger charge is -2.24. The lowest BCUT2D eigenvalue weighted by Crippen LogP contribution is -2.28. The summed E-state index contributed by atoms with van der Waals surface area (Å²) < 4.78 is 1.29. The highest BCUT2D eigenvalue weighted by atomic mass is 79.9. The summed E-state index contributed by atoms with van der Waals surface area (Å²) in [5, 5.41) is 3.43. The van der Waals surface area contributed by atoms with Crippen LogP contribution >= 0.6 is 15.9 Å². The van der Waals surface area contributed by atoms with E-state index < -0.39 is 0 Å². The van der Waals surface area contributed by atoms with Crippen LogP contribution in [0, 0.1) is 19.8 Å². The second-order valence-electron chi connectivity index (χ2n) is 4.94. The Morgan fingerprint density at radius 3 is 2.56 bits per heavy atom. The van der Waals surface area contributed by atoms with Crippen molar-refractivity contribution in [3.63, 3.8) is 0 Å². The summed E-state index contributed by atoms with van der Waals surface area (Å²) >= 11 is 3.71. The van der Waals surface area contributed by atoms with Gasteiger partial charge in [0.1, 0.15) is 0 Å². The molecule has 0 aliphatic carbocycles. The Morgan fingerprint density at radius 2 is 1.94 bits per heavy atom. The minimum atomic E-state index is 0.860. The largest absolute Gasteiger partial charge is 0.317 e. The third-order valence-corrected chi connectivity index (χ3v) is 4.22. The van der Waals surface area contributed by atoms with Crippen molar-refractivity contribution in [3.05, 3.63) is 33.3 Å². The van der Waals surface area contributed by atoms with Gasteiger partial charge in [-0.25, -0.2) is 0 Å². The smallest absolute Gasteiger partial charge is 0.0212 e. The topological polar surface area (TPSA) is 12.0 Å². The highest BCUT2D eigenvalue weighted by Gasteiger charge is 2.16. The summed E-state index contributed by atoms with van der Waals surface area (Å²) in [6, 6.07) is 4.53. The SMILES string of the molecule is Cc1cc(C)c(CC2CCNCC2)c(Br)c1. The predicted molar refractivity (Wildman–Crippen MR) is 72.9 cm³/mol. The van der Waals surface area contributed by atoms with Crippen LogP contribution in [0.3, 0.4) is 0 Å². The maximum absolute atomic E-state index is 3.71. The van der Waals surface area contributed by atoms with Crippen LogP contribution in [0.5, 0.6) is 0 Å². The molecular weight excluding hydrogens is 262 g/mol. The van der Waals surface area contributed by atoms with E-state index in [0.29, 0.717) is 0 Å². The molecule has 0 bridgehead atoms. The van der Waals surface area contributed by atoms with Gasteiger partial charge in [0.2, 0.25) is 0 Å². The van der Waals surface area contributed by atoms with Crippen molar-refractivity contribution in [1.82, 2.24) is 5.32 Å². The summed E-state index contributed by atoms with van der Waals surface area (Å²) in [6.45, 7) is 6.76. The second kappa shape index (κ2) is 5.33. The number of halogens is 1. The molecule has 1 N–H and O–H groups in total. The van der Waals surface area contributed by atoms with E-state index in [2.05, 4.69) is 47.2 Å². The molecule has 1 aromatic rings. The van der Waals surface area contributed by atoms with Gasteiger partial charge in [-0.2, -0.15) is 0 Å². The molecule has 0 spiro atoms. The van der Waals surface area contributed by atoms with E-state index in [9.17, 15) is 0 Å². The van der Waals surface area contributed by atoms with Gasteiger partial charge < -0.3 is 5.32 Å². The maximum atomic E-state index is 3.71. The first-order valence-corrected chi connectivity index (χ1v) is 6.92. The second-order valence-corrected chi connectivity index (χ2v) is 5.79. The standard InChI is InChI=1S/C14H20BrN/c1-10-7-11(2)13(14(15)8-10)9-12-3-5-16-6-4-12/h7-8,12,16H,3-6,9H2,1-2H3. The van der Waals surface area contributed by atoms with E-state index >= 15 is 0 Å². The lowest BCUT2D eigenvalue weighted by molar-refractivity contribution is 0.372. The first kappa shape index (κ1) is 12.1. The van der Waals surface area contributed by atoms with Gasteiger partial charge in [-0.1, -0.05) is 22.0 Å². The normalized spacial score (nSPS) is 17.7. The van der Waals surface area contributed by atoms with Crippen LogP contribution in [-0.4, -0.2) is 13.1 Å². The number of piperidine rings is 1. The van der Waals surface area contributed by atoms with Crippen molar-refractivity contribution in [3.8, 4) is 0 Å². The summed E-state index contributed by atoms with van der Waals surface area (Å²) in [4.78, 5) is 0. The summed E-state index contributed by atoms with van der Waals surface area (Å²) in [5.41, 5.74) is 4.29. The van der Waals surface area contributed by atoms with E-state index in [1.807, 2.05) is 0 Å². The molecule has 1 aromatic carbocycles. The first-order chi connectivity index (χ1) is 7.66. The van der Waals surface area contributed by atoms with Crippen LogP contribution in [0.1, 0.15) is 29.5 Å². The fraction of sp³-hybridized carbons (Fsp3) is 0.571. The average molecular weight is 282 g/mol. The molecule has 1 aliphatic rings. The molecule has 1 aliphatic heterocycles. The highest BCUT2D eigenvalue weighted by Crippen LogP contribution is 2.27. The Morgan fingerprint density at radius 1 is 1.25 bits per heavy atom. The Bertz CT molecular complexity index is 344. The fourth-order valence-electron chi connectivity index (χ4n) is 2.58. The average Bonchev–Trinajstić information content (AvgIpc) is 2.25. The van der Waals surface area contributed by atoms with Gasteiger partial charge in [0.15, 0.2) is 0 Å². The number of rotatable bonds is 2. The minimum absolute atomic E-state index is 0.860. The number of hydrogen-bond donors (Lipinski definition) is 1. The Hall–Kier alpha value is -0.340. The zero-order valence-corrected chi connectivity index (χ0v) is 11.7. The number of benzene rings is 1. The molecule has 0 saturated carbocycles. The highest BCUT2D eigenvalue weighted by molar-refractivity contribution is 9.10. The van der Waals surface area contributed by atoms with Gasteiger partial charge in [-0.3, -0.25) is 0 Å². The third kappa shape index (κ3) is 2.86. The molecule has 2 rings (SSSR count). The van der Waals surface area contributed by atoms with Gasteiger partial charge >= 0.3 is 0 Å². The van der Waals surface area contributed by atoms with Crippen molar-refractivity contribution in [1.29, 1.82) is 0 Å². The van der Waals surface area contributed by atoms with Crippen molar-refractivity contribution >= 4 is 15.9 Å². The van der Waals surface area contributed by atoms with E-state index in [0.717, 1.165) is 5.92 Å². The first-order valence-electron chi connectivity index (χ1n) is 6.13. The van der Waals surface area contributed by atoms with E-state index in [-0.39, 0.29) is 0 Å². The molecule has 1 nitrogen and oxygen atoms in total. The maximum Gasteiger partial charge on any atom is 0.0212 e.